The Hall–Kier alpha value is -1.22. The molecule has 0 spiro atoms. The van der Waals surface area contributed by atoms with Gasteiger partial charge in [-0.1, -0.05) is 0 Å². The molecule has 2 rings (SSSR count). The van der Waals surface area contributed by atoms with E-state index in [9.17, 15) is 8.42 Å². The van der Waals surface area contributed by atoms with Crippen LogP contribution in [0.1, 0.15) is 26.7 Å². The van der Waals surface area contributed by atoms with E-state index < -0.39 is 10.0 Å². The predicted octanol–water partition coefficient (Wildman–Crippen LogP) is 0.603. The van der Waals surface area contributed by atoms with Crippen molar-refractivity contribution >= 4 is 15.8 Å². The zero-order chi connectivity index (χ0) is 14.8. The average Bonchev–Trinajstić information content (AvgIpc) is 2.37. The Labute approximate surface area is 118 Å². The zero-order valence-electron chi connectivity index (χ0n) is 11.6. The van der Waals surface area contributed by atoms with Gasteiger partial charge in [0.15, 0.2) is 0 Å². The van der Waals surface area contributed by atoms with Gasteiger partial charge in [-0.2, -0.15) is 0 Å². The van der Waals surface area contributed by atoms with Crippen molar-refractivity contribution in [3.05, 3.63) is 18.3 Å². The minimum atomic E-state index is -3.58. The van der Waals surface area contributed by atoms with E-state index in [0.717, 1.165) is 0 Å². The Morgan fingerprint density at radius 2 is 2.25 bits per heavy atom. The molecule has 1 fully saturated rings. The van der Waals surface area contributed by atoms with Crippen molar-refractivity contribution in [3.63, 3.8) is 0 Å². The van der Waals surface area contributed by atoms with Crippen LogP contribution in [-0.4, -0.2) is 31.7 Å². The van der Waals surface area contributed by atoms with Gasteiger partial charge in [-0.05, 0) is 32.8 Å². The molecule has 1 atom stereocenters. The lowest BCUT2D eigenvalue weighted by atomic mass is 9.95. The number of ether oxygens (including phenoxy) is 1. The highest BCUT2D eigenvalue weighted by molar-refractivity contribution is 7.89. The first-order valence-corrected chi connectivity index (χ1v) is 7.90. The van der Waals surface area contributed by atoms with E-state index >= 15 is 0 Å². The van der Waals surface area contributed by atoms with Gasteiger partial charge in [0.05, 0.1) is 10.5 Å². The molecule has 0 saturated carbocycles. The van der Waals surface area contributed by atoms with Crippen LogP contribution in [0.4, 0.5) is 5.82 Å². The fourth-order valence-corrected chi connectivity index (χ4v) is 3.56. The number of nitrogens with zero attached hydrogens (tertiary/aromatic N) is 1. The number of hydrazine groups is 1. The highest BCUT2D eigenvalue weighted by Crippen LogP contribution is 2.25. The maximum atomic E-state index is 12.3. The van der Waals surface area contributed by atoms with Crippen LogP contribution in [0, 0.1) is 0 Å². The summed E-state index contributed by atoms with van der Waals surface area (Å²) >= 11 is 0. The summed E-state index contributed by atoms with van der Waals surface area (Å²) in [6.07, 6.45) is 2.70. The molecule has 1 aromatic heterocycles. The highest BCUT2D eigenvalue weighted by Gasteiger charge is 2.31. The number of pyridine rings is 1. The third kappa shape index (κ3) is 3.66. The molecule has 0 amide bonds. The quantitative estimate of drug-likeness (QED) is 0.555. The van der Waals surface area contributed by atoms with E-state index in [1.54, 1.807) is 0 Å². The smallest absolute Gasteiger partial charge is 0.241 e. The number of hydrogen-bond acceptors (Lipinski definition) is 6. The fourth-order valence-electron chi connectivity index (χ4n) is 2.28. The number of rotatable bonds is 4. The van der Waals surface area contributed by atoms with E-state index in [1.165, 1.54) is 18.3 Å². The Balaban J connectivity index is 2.14. The molecule has 0 bridgehead atoms. The summed E-state index contributed by atoms with van der Waals surface area (Å²) in [5.41, 5.74) is 2.02. The monoisotopic (exact) mass is 300 g/mol. The molecule has 1 aromatic rings. The summed E-state index contributed by atoms with van der Waals surface area (Å²) in [7, 11) is -3.58. The van der Waals surface area contributed by atoms with Crippen molar-refractivity contribution < 1.29 is 13.2 Å². The molecule has 0 aliphatic carbocycles. The molecule has 20 heavy (non-hydrogen) atoms. The number of aromatic nitrogens is 1. The molecule has 112 valence electrons. The summed E-state index contributed by atoms with van der Waals surface area (Å²) < 4.78 is 33.0. The lowest BCUT2D eigenvalue weighted by molar-refractivity contribution is -0.0599. The summed E-state index contributed by atoms with van der Waals surface area (Å²) in [6, 6.07) is 2.70. The molecular weight excluding hydrogens is 280 g/mol. The van der Waals surface area contributed by atoms with Crippen LogP contribution >= 0.6 is 0 Å². The van der Waals surface area contributed by atoms with Gasteiger partial charge in [0, 0.05) is 24.9 Å². The fraction of sp³-hybridized carbons (Fsp3) is 0.583. The van der Waals surface area contributed by atoms with Crippen molar-refractivity contribution in [1.82, 2.24) is 9.71 Å². The van der Waals surface area contributed by atoms with Gasteiger partial charge in [0.1, 0.15) is 5.82 Å². The summed E-state index contributed by atoms with van der Waals surface area (Å²) in [4.78, 5) is 4.04. The number of anilines is 1. The molecule has 0 aromatic carbocycles. The Kier molecular flexibility index (Phi) is 4.28. The highest BCUT2D eigenvalue weighted by atomic mass is 32.2. The van der Waals surface area contributed by atoms with Crippen LogP contribution < -0.4 is 16.0 Å². The third-order valence-electron chi connectivity index (χ3n) is 3.21. The zero-order valence-corrected chi connectivity index (χ0v) is 12.4. The van der Waals surface area contributed by atoms with Crippen LogP contribution in [0.15, 0.2) is 23.2 Å². The molecule has 1 saturated heterocycles. The van der Waals surface area contributed by atoms with Gasteiger partial charge in [0.25, 0.3) is 0 Å². The SMILES string of the molecule is CC1(C)CC(NS(=O)(=O)c2ccnc(NN)c2)CCO1. The molecule has 2 heterocycles. The van der Waals surface area contributed by atoms with E-state index in [1.807, 2.05) is 13.8 Å². The number of nitrogen functional groups attached to an aromatic ring is 1. The van der Waals surface area contributed by atoms with Crippen molar-refractivity contribution in [2.24, 2.45) is 5.84 Å². The standard InChI is InChI=1S/C12H20N4O3S/c1-12(2)8-9(4-6-19-12)16-20(17,18)10-3-5-14-11(7-10)15-13/h3,5,7,9,16H,4,6,8,13H2,1-2H3,(H,14,15). The van der Waals surface area contributed by atoms with E-state index in [-0.39, 0.29) is 16.5 Å². The first kappa shape index (κ1) is 15.2. The predicted molar refractivity (Wildman–Crippen MR) is 75.4 cm³/mol. The van der Waals surface area contributed by atoms with Gasteiger partial charge in [-0.15, -0.1) is 0 Å². The second-order valence-corrected chi connectivity index (χ2v) is 7.15. The van der Waals surface area contributed by atoms with E-state index in [0.29, 0.717) is 25.3 Å². The maximum absolute atomic E-state index is 12.3. The first-order valence-electron chi connectivity index (χ1n) is 6.41. The minimum Gasteiger partial charge on any atom is -0.375 e. The molecule has 8 heteroatoms. The Bertz CT molecular complexity index is 574. The summed E-state index contributed by atoms with van der Waals surface area (Å²) in [5.74, 6) is 5.54. The number of hydrogen-bond donors (Lipinski definition) is 3. The van der Waals surface area contributed by atoms with Gasteiger partial charge >= 0.3 is 0 Å². The van der Waals surface area contributed by atoms with Crippen LogP contribution in [0.25, 0.3) is 0 Å². The molecule has 0 radical (unpaired) electrons. The van der Waals surface area contributed by atoms with Gasteiger partial charge < -0.3 is 10.2 Å². The van der Waals surface area contributed by atoms with Gasteiger partial charge in [-0.3, -0.25) is 0 Å². The van der Waals surface area contributed by atoms with Crippen LogP contribution in [0.3, 0.4) is 0 Å². The molecule has 7 nitrogen and oxygen atoms in total. The van der Waals surface area contributed by atoms with Crippen molar-refractivity contribution in [2.45, 2.75) is 43.2 Å². The number of sulfonamides is 1. The average molecular weight is 300 g/mol. The van der Waals surface area contributed by atoms with Crippen molar-refractivity contribution in [1.29, 1.82) is 0 Å². The van der Waals surface area contributed by atoms with Gasteiger partial charge in [0.2, 0.25) is 10.0 Å². The van der Waals surface area contributed by atoms with Crippen LogP contribution in [-0.2, 0) is 14.8 Å². The second kappa shape index (κ2) is 5.65. The third-order valence-corrected chi connectivity index (χ3v) is 4.73. The van der Waals surface area contributed by atoms with Crippen molar-refractivity contribution in [3.8, 4) is 0 Å². The Morgan fingerprint density at radius 3 is 2.90 bits per heavy atom. The maximum Gasteiger partial charge on any atom is 0.241 e. The minimum absolute atomic E-state index is 0.133. The van der Waals surface area contributed by atoms with E-state index in [4.69, 9.17) is 10.6 Å². The second-order valence-electron chi connectivity index (χ2n) is 5.44. The van der Waals surface area contributed by atoms with Gasteiger partial charge in [-0.25, -0.2) is 24.0 Å². The Morgan fingerprint density at radius 1 is 1.50 bits per heavy atom. The molecule has 1 aliphatic rings. The summed E-state index contributed by atoms with van der Waals surface area (Å²) in [6.45, 7) is 4.46. The topological polar surface area (TPSA) is 106 Å². The molecular formula is C12H20N4O3S. The van der Waals surface area contributed by atoms with Crippen LogP contribution in [0.5, 0.6) is 0 Å². The summed E-state index contributed by atoms with van der Waals surface area (Å²) in [5, 5.41) is 0. The van der Waals surface area contributed by atoms with Crippen molar-refractivity contribution in [2.75, 3.05) is 12.0 Å². The largest absolute Gasteiger partial charge is 0.375 e. The first-order chi connectivity index (χ1) is 9.32. The molecule has 1 aliphatic heterocycles. The number of nitrogens with two attached hydrogens (primary N) is 1. The lowest BCUT2D eigenvalue weighted by Gasteiger charge is -2.35. The lowest BCUT2D eigenvalue weighted by Crippen LogP contribution is -2.45. The number of nitrogens with one attached hydrogen (secondary N) is 2. The van der Waals surface area contributed by atoms with E-state index in [2.05, 4.69) is 15.1 Å². The van der Waals surface area contributed by atoms with Crippen LogP contribution in [0.2, 0.25) is 0 Å². The normalized spacial score (nSPS) is 22.4. The molecule has 4 N–H and O–H groups in total. The molecule has 1 unspecified atom stereocenters.